The molecule has 176 valence electrons. The number of anilines is 1. The third kappa shape index (κ3) is 6.02. The first-order valence-electron chi connectivity index (χ1n) is 10.7. The molecule has 0 saturated heterocycles. The summed E-state index contributed by atoms with van der Waals surface area (Å²) in [6.07, 6.45) is 8.47. The summed E-state index contributed by atoms with van der Waals surface area (Å²) in [5.74, 6) is 2.51. The second kappa shape index (κ2) is 11.7. The number of aliphatic hydroxyl groups excluding tert-OH is 1. The Morgan fingerprint density at radius 3 is 2.64 bits per heavy atom. The molecule has 2 heterocycles. The Balaban J connectivity index is 1.87. The Hall–Kier alpha value is -3.11. The molecular weight excluding hydrogens is 440 g/mol. The van der Waals surface area contributed by atoms with Crippen molar-refractivity contribution in [2.75, 3.05) is 18.4 Å². The molecule has 0 amide bonds. The standard InChI is InChI=1S/C23H30N6O3S/c1-15-13-24-22(25-14-15)16(2)17(3)33-28-23-27-26-20(11-6-5-7-12-30)29(23)21-18(31)9-8-10-19(21)32-4/h5-6,8-10,13-14,16-17,30-31H,7,11-12H2,1-4H3,(H,27,28)/b6-5-. The van der Waals surface area contributed by atoms with Crippen LogP contribution in [0.15, 0.2) is 42.7 Å². The Morgan fingerprint density at radius 2 is 1.94 bits per heavy atom. The number of aromatic hydroxyl groups is 1. The highest BCUT2D eigenvalue weighted by atomic mass is 32.2. The fraction of sp³-hybridized carbons (Fsp3) is 0.391. The average molecular weight is 471 g/mol. The van der Waals surface area contributed by atoms with Gasteiger partial charge < -0.3 is 14.9 Å². The van der Waals surface area contributed by atoms with Gasteiger partial charge in [0.25, 0.3) is 0 Å². The highest BCUT2D eigenvalue weighted by Gasteiger charge is 2.22. The predicted octanol–water partition coefficient (Wildman–Crippen LogP) is 3.81. The summed E-state index contributed by atoms with van der Waals surface area (Å²) < 4.78 is 10.5. The molecule has 0 bridgehead atoms. The van der Waals surface area contributed by atoms with E-state index >= 15 is 0 Å². The van der Waals surface area contributed by atoms with Crippen molar-refractivity contribution in [1.82, 2.24) is 24.7 Å². The highest BCUT2D eigenvalue weighted by molar-refractivity contribution is 8.01. The Labute approximate surface area is 198 Å². The van der Waals surface area contributed by atoms with Crippen molar-refractivity contribution >= 4 is 17.9 Å². The molecule has 2 atom stereocenters. The van der Waals surface area contributed by atoms with Gasteiger partial charge >= 0.3 is 0 Å². The molecule has 0 aliphatic heterocycles. The fourth-order valence-corrected chi connectivity index (χ4v) is 3.88. The van der Waals surface area contributed by atoms with Crippen LogP contribution in [0.3, 0.4) is 0 Å². The lowest BCUT2D eigenvalue weighted by molar-refractivity contribution is 0.302. The molecule has 10 heteroatoms. The zero-order valence-corrected chi connectivity index (χ0v) is 20.1. The van der Waals surface area contributed by atoms with Crippen LogP contribution >= 0.6 is 11.9 Å². The Kier molecular flexibility index (Phi) is 8.67. The number of aromatic nitrogens is 5. The van der Waals surface area contributed by atoms with Gasteiger partial charge in [-0.05, 0) is 43.0 Å². The summed E-state index contributed by atoms with van der Waals surface area (Å²) in [6.45, 7) is 6.22. The zero-order valence-electron chi connectivity index (χ0n) is 19.3. The quantitative estimate of drug-likeness (QED) is 0.284. The van der Waals surface area contributed by atoms with Crippen molar-refractivity contribution in [2.45, 2.75) is 44.8 Å². The molecule has 3 rings (SSSR count). The number of rotatable bonds is 11. The van der Waals surface area contributed by atoms with E-state index in [2.05, 4.69) is 38.7 Å². The first-order chi connectivity index (χ1) is 16.0. The van der Waals surface area contributed by atoms with Crippen LogP contribution in [-0.2, 0) is 6.42 Å². The molecule has 2 unspecified atom stereocenters. The SMILES string of the molecule is COc1cccc(O)c1-n1c(C/C=C\CCO)nnc1NSC(C)C(C)c1ncc(C)cn1. The van der Waals surface area contributed by atoms with E-state index in [9.17, 15) is 5.11 Å². The largest absolute Gasteiger partial charge is 0.506 e. The smallest absolute Gasteiger partial charge is 0.239 e. The Morgan fingerprint density at radius 1 is 1.18 bits per heavy atom. The predicted molar refractivity (Wildman–Crippen MR) is 130 cm³/mol. The molecule has 3 aromatic rings. The number of benzene rings is 1. The van der Waals surface area contributed by atoms with Gasteiger partial charge in [-0.25, -0.2) is 9.97 Å². The lowest BCUT2D eigenvalue weighted by atomic mass is 10.1. The van der Waals surface area contributed by atoms with Gasteiger partial charge in [-0.2, -0.15) is 0 Å². The lowest BCUT2D eigenvalue weighted by Crippen LogP contribution is -2.15. The lowest BCUT2D eigenvalue weighted by Gasteiger charge is -2.20. The fourth-order valence-electron chi connectivity index (χ4n) is 3.13. The molecule has 0 saturated carbocycles. The van der Waals surface area contributed by atoms with Gasteiger partial charge in [0, 0.05) is 36.6 Å². The van der Waals surface area contributed by atoms with Crippen LogP contribution in [0, 0.1) is 6.92 Å². The number of allylic oxidation sites excluding steroid dienone is 1. The van der Waals surface area contributed by atoms with Gasteiger partial charge in [-0.3, -0.25) is 9.29 Å². The van der Waals surface area contributed by atoms with Crippen molar-refractivity contribution in [1.29, 1.82) is 0 Å². The summed E-state index contributed by atoms with van der Waals surface area (Å²) in [5.41, 5.74) is 1.48. The first kappa shape index (κ1) is 24.5. The number of para-hydroxylation sites is 1. The molecule has 0 fully saturated rings. The third-order valence-corrected chi connectivity index (χ3v) is 6.24. The normalized spacial score (nSPS) is 13.2. The minimum Gasteiger partial charge on any atom is -0.506 e. The zero-order chi connectivity index (χ0) is 23.8. The van der Waals surface area contributed by atoms with E-state index in [0.29, 0.717) is 36.1 Å². The number of aliphatic hydroxyl groups is 1. The maximum absolute atomic E-state index is 10.6. The van der Waals surface area contributed by atoms with E-state index in [4.69, 9.17) is 9.84 Å². The second-order valence-electron chi connectivity index (χ2n) is 7.62. The van der Waals surface area contributed by atoms with Crippen molar-refractivity contribution in [3.05, 3.63) is 60.0 Å². The molecule has 0 radical (unpaired) electrons. The van der Waals surface area contributed by atoms with Gasteiger partial charge in [0.05, 0.1) is 7.11 Å². The second-order valence-corrected chi connectivity index (χ2v) is 8.81. The van der Waals surface area contributed by atoms with Gasteiger partial charge in [-0.15, -0.1) is 10.2 Å². The number of hydrogen-bond acceptors (Lipinski definition) is 9. The summed E-state index contributed by atoms with van der Waals surface area (Å²) in [5, 5.41) is 28.4. The summed E-state index contributed by atoms with van der Waals surface area (Å²) in [6, 6.07) is 5.09. The van der Waals surface area contributed by atoms with Crippen LogP contribution in [0.25, 0.3) is 5.69 Å². The minimum atomic E-state index is 0.0530. The molecule has 0 aliphatic carbocycles. The number of nitrogens with one attached hydrogen (secondary N) is 1. The van der Waals surface area contributed by atoms with Crippen LogP contribution in [0.1, 0.15) is 43.4 Å². The molecule has 0 spiro atoms. The summed E-state index contributed by atoms with van der Waals surface area (Å²) in [7, 11) is 1.55. The van der Waals surface area contributed by atoms with E-state index in [1.165, 1.54) is 11.9 Å². The maximum atomic E-state index is 10.6. The Bertz CT molecular complexity index is 1070. The van der Waals surface area contributed by atoms with Crippen LogP contribution < -0.4 is 9.46 Å². The summed E-state index contributed by atoms with van der Waals surface area (Å²) in [4.78, 5) is 8.89. The van der Waals surface area contributed by atoms with Crippen LogP contribution in [0.5, 0.6) is 11.5 Å². The number of hydrogen-bond donors (Lipinski definition) is 3. The van der Waals surface area contributed by atoms with E-state index < -0.39 is 0 Å². The van der Waals surface area contributed by atoms with E-state index in [-0.39, 0.29) is 23.5 Å². The van der Waals surface area contributed by atoms with E-state index in [1.54, 1.807) is 29.9 Å². The number of methoxy groups -OCH3 is 1. The van der Waals surface area contributed by atoms with Crippen LogP contribution in [0.4, 0.5) is 5.95 Å². The monoisotopic (exact) mass is 470 g/mol. The molecule has 1 aromatic carbocycles. The van der Waals surface area contributed by atoms with Crippen molar-refractivity contribution < 1.29 is 14.9 Å². The third-order valence-electron chi connectivity index (χ3n) is 5.16. The number of nitrogens with zero attached hydrogens (tertiary/aromatic N) is 5. The minimum absolute atomic E-state index is 0.0530. The first-order valence-corrected chi connectivity index (χ1v) is 11.6. The van der Waals surface area contributed by atoms with Gasteiger partial charge in [-0.1, -0.05) is 32.1 Å². The van der Waals surface area contributed by atoms with Gasteiger partial charge in [0.2, 0.25) is 5.95 Å². The van der Waals surface area contributed by atoms with Crippen molar-refractivity contribution in [2.24, 2.45) is 0 Å². The molecule has 9 nitrogen and oxygen atoms in total. The highest BCUT2D eigenvalue weighted by Crippen LogP contribution is 2.36. The summed E-state index contributed by atoms with van der Waals surface area (Å²) >= 11 is 1.48. The van der Waals surface area contributed by atoms with E-state index in [0.717, 1.165) is 11.4 Å². The molecule has 33 heavy (non-hydrogen) atoms. The topological polar surface area (TPSA) is 118 Å². The van der Waals surface area contributed by atoms with Crippen molar-refractivity contribution in [3.8, 4) is 17.2 Å². The number of phenols is 1. The van der Waals surface area contributed by atoms with Crippen LogP contribution in [-0.4, -0.2) is 53.9 Å². The van der Waals surface area contributed by atoms with Gasteiger partial charge in [0.1, 0.15) is 28.8 Å². The van der Waals surface area contributed by atoms with E-state index in [1.807, 2.05) is 31.5 Å². The van der Waals surface area contributed by atoms with Gasteiger partial charge in [0.15, 0.2) is 0 Å². The molecule has 2 aromatic heterocycles. The molecule has 3 N–H and O–H groups in total. The number of phenolic OH excluding ortho intramolecular Hbond substituents is 1. The number of ether oxygens (including phenoxy) is 1. The van der Waals surface area contributed by atoms with Crippen LogP contribution in [0.2, 0.25) is 0 Å². The molecular formula is C23H30N6O3S. The van der Waals surface area contributed by atoms with Crippen molar-refractivity contribution in [3.63, 3.8) is 0 Å². The molecule has 0 aliphatic rings. The average Bonchev–Trinajstić information content (AvgIpc) is 3.22. The number of aryl methyl sites for hydroxylation is 1. The maximum Gasteiger partial charge on any atom is 0.239 e.